The Hall–Kier alpha value is -0.940. The molecule has 0 radical (unpaired) electrons. The second kappa shape index (κ2) is 5.07. The molecule has 0 saturated carbocycles. The molecule has 80 valence electrons. The van der Waals surface area contributed by atoms with Crippen LogP contribution < -0.4 is 16.2 Å². The lowest BCUT2D eigenvalue weighted by molar-refractivity contribution is 0.115. The number of hydrazone groups is 1. The van der Waals surface area contributed by atoms with Gasteiger partial charge in [-0.1, -0.05) is 11.6 Å². The predicted octanol–water partition coefficient (Wildman–Crippen LogP) is 0.723. The largest absolute Gasteiger partial charge is 0.371 e. The molecule has 0 aromatic heterocycles. The van der Waals surface area contributed by atoms with E-state index in [-0.39, 0.29) is 6.04 Å². The van der Waals surface area contributed by atoms with Crippen molar-refractivity contribution in [3.8, 4) is 0 Å². The van der Waals surface area contributed by atoms with E-state index in [0.29, 0.717) is 5.17 Å². The van der Waals surface area contributed by atoms with Crippen LogP contribution in [0.3, 0.4) is 0 Å². The molecule has 0 fully saturated rings. The van der Waals surface area contributed by atoms with Gasteiger partial charge in [0.25, 0.3) is 0 Å². The van der Waals surface area contributed by atoms with E-state index in [1.807, 2.05) is 20.8 Å². The Morgan fingerprint density at radius 2 is 2.36 bits per heavy atom. The van der Waals surface area contributed by atoms with E-state index in [4.69, 9.17) is 11.6 Å². The first-order chi connectivity index (χ1) is 6.61. The van der Waals surface area contributed by atoms with Gasteiger partial charge < -0.3 is 5.32 Å². The van der Waals surface area contributed by atoms with Crippen molar-refractivity contribution in [2.24, 2.45) is 5.10 Å². The van der Waals surface area contributed by atoms with E-state index in [9.17, 15) is 0 Å². The summed E-state index contributed by atoms with van der Waals surface area (Å²) in [4.78, 5) is 0. The summed E-state index contributed by atoms with van der Waals surface area (Å²) in [5.41, 5.74) is 6.09. The molecule has 3 N–H and O–H groups in total. The Labute approximate surface area is 89.1 Å². The van der Waals surface area contributed by atoms with Crippen LogP contribution in [-0.4, -0.2) is 23.0 Å². The molecule has 0 bridgehead atoms. The van der Waals surface area contributed by atoms with Gasteiger partial charge in [0.1, 0.15) is 5.82 Å². The molecule has 1 aliphatic heterocycles. The van der Waals surface area contributed by atoms with Crippen molar-refractivity contribution in [3.05, 3.63) is 11.9 Å². The maximum Gasteiger partial charge on any atom is 0.156 e. The zero-order valence-corrected chi connectivity index (χ0v) is 9.39. The van der Waals surface area contributed by atoms with Crippen LogP contribution in [0.5, 0.6) is 0 Å². The summed E-state index contributed by atoms with van der Waals surface area (Å²) in [5, 5.41) is 9.10. The third kappa shape index (κ3) is 3.43. The van der Waals surface area contributed by atoms with Crippen LogP contribution in [0.4, 0.5) is 0 Å². The number of hydrogen-bond donors (Lipinski definition) is 3. The van der Waals surface area contributed by atoms with Crippen molar-refractivity contribution in [1.82, 2.24) is 21.4 Å². The second-order valence-electron chi connectivity index (χ2n) is 3.22. The fraction of sp³-hybridized carbons (Fsp3) is 0.625. The van der Waals surface area contributed by atoms with E-state index in [1.165, 1.54) is 5.23 Å². The van der Waals surface area contributed by atoms with Crippen LogP contribution in [0.2, 0.25) is 0 Å². The number of hydrogen-bond acceptors (Lipinski definition) is 5. The van der Waals surface area contributed by atoms with Crippen molar-refractivity contribution in [3.63, 3.8) is 0 Å². The van der Waals surface area contributed by atoms with Crippen molar-refractivity contribution in [2.75, 3.05) is 6.54 Å². The fourth-order valence-electron chi connectivity index (χ4n) is 1.00. The zero-order chi connectivity index (χ0) is 10.6. The summed E-state index contributed by atoms with van der Waals surface area (Å²) in [5.74, 6) is 0.834. The van der Waals surface area contributed by atoms with Crippen LogP contribution in [0.15, 0.2) is 17.0 Å². The van der Waals surface area contributed by atoms with Gasteiger partial charge in [0.05, 0.1) is 0 Å². The summed E-state index contributed by atoms with van der Waals surface area (Å²) >= 11 is 5.84. The molecule has 1 heterocycles. The topological polar surface area (TPSA) is 51.7 Å². The molecule has 6 heteroatoms. The number of halogens is 1. The van der Waals surface area contributed by atoms with Gasteiger partial charge in [0, 0.05) is 18.7 Å². The molecule has 1 aliphatic rings. The van der Waals surface area contributed by atoms with Crippen LogP contribution in [0.25, 0.3) is 0 Å². The number of hydrazine groups is 2. The highest BCUT2D eigenvalue weighted by molar-refractivity contribution is 6.68. The van der Waals surface area contributed by atoms with Crippen LogP contribution in [0.1, 0.15) is 20.8 Å². The summed E-state index contributed by atoms with van der Waals surface area (Å²) in [7, 11) is 0. The highest BCUT2D eigenvalue weighted by atomic mass is 35.5. The second-order valence-corrected chi connectivity index (χ2v) is 3.61. The molecule has 0 saturated heterocycles. The van der Waals surface area contributed by atoms with Gasteiger partial charge in [-0.15, -0.1) is 10.3 Å². The van der Waals surface area contributed by atoms with Gasteiger partial charge in [-0.25, -0.2) is 0 Å². The Balaban J connectivity index is 2.56. The molecule has 14 heavy (non-hydrogen) atoms. The van der Waals surface area contributed by atoms with Crippen LogP contribution in [0, 0.1) is 0 Å². The highest BCUT2D eigenvalue weighted by Crippen LogP contribution is 2.01. The maximum absolute atomic E-state index is 5.84. The molecule has 0 unspecified atom stereocenters. The number of nitrogens with one attached hydrogen (secondary N) is 3. The SMILES string of the molecule is CCNC1=CC(Cl)=NN(NC(C)C)N1. The van der Waals surface area contributed by atoms with Gasteiger partial charge in [-0.2, -0.15) is 5.43 Å². The van der Waals surface area contributed by atoms with Gasteiger partial charge >= 0.3 is 0 Å². The third-order valence-electron chi connectivity index (χ3n) is 1.43. The van der Waals surface area contributed by atoms with Crippen molar-refractivity contribution in [2.45, 2.75) is 26.8 Å². The lowest BCUT2D eigenvalue weighted by Crippen LogP contribution is -2.51. The summed E-state index contributed by atoms with van der Waals surface area (Å²) in [6.07, 6.45) is 1.74. The number of rotatable bonds is 4. The minimum atomic E-state index is 0.289. The standard InChI is InChI=1S/C8H16ClN5/c1-4-10-8-5-7(9)12-14(13-8)11-6(2)3/h5-6,10-11,13H,4H2,1-3H3. The molecule has 0 amide bonds. The van der Waals surface area contributed by atoms with E-state index in [0.717, 1.165) is 12.4 Å². The Morgan fingerprint density at radius 1 is 1.64 bits per heavy atom. The van der Waals surface area contributed by atoms with Crippen LogP contribution in [-0.2, 0) is 0 Å². The van der Waals surface area contributed by atoms with E-state index in [1.54, 1.807) is 6.08 Å². The first kappa shape index (κ1) is 11.1. The van der Waals surface area contributed by atoms with Gasteiger partial charge in [-0.05, 0) is 20.8 Å². The maximum atomic E-state index is 5.84. The van der Waals surface area contributed by atoms with Crippen molar-refractivity contribution in [1.29, 1.82) is 0 Å². The minimum Gasteiger partial charge on any atom is -0.371 e. The number of allylic oxidation sites excluding steroid dienone is 1. The smallest absolute Gasteiger partial charge is 0.156 e. The fourth-order valence-corrected chi connectivity index (χ4v) is 1.19. The van der Waals surface area contributed by atoms with E-state index >= 15 is 0 Å². The normalized spacial score (nSPS) is 16.2. The van der Waals surface area contributed by atoms with Gasteiger partial charge in [0.15, 0.2) is 5.17 Å². The average molecular weight is 218 g/mol. The summed E-state index contributed by atoms with van der Waals surface area (Å²) in [6.45, 7) is 6.90. The molecular weight excluding hydrogens is 202 g/mol. The molecule has 0 aromatic rings. The summed E-state index contributed by atoms with van der Waals surface area (Å²) in [6, 6.07) is 0.289. The predicted molar refractivity (Wildman–Crippen MR) is 58.3 cm³/mol. The average Bonchev–Trinajstić information content (AvgIpc) is 2.01. The molecule has 0 atom stereocenters. The monoisotopic (exact) mass is 217 g/mol. The number of nitrogens with zero attached hydrogens (tertiary/aromatic N) is 2. The molecule has 1 rings (SSSR count). The first-order valence-electron chi connectivity index (χ1n) is 4.64. The van der Waals surface area contributed by atoms with Crippen molar-refractivity contribution >= 4 is 16.8 Å². The lowest BCUT2D eigenvalue weighted by atomic mass is 10.4. The van der Waals surface area contributed by atoms with Gasteiger partial charge in [-0.3, -0.25) is 5.43 Å². The highest BCUT2D eigenvalue weighted by Gasteiger charge is 2.11. The molecule has 0 spiro atoms. The quantitative estimate of drug-likeness (QED) is 0.650. The molecule has 0 aromatic carbocycles. The molecule has 0 aliphatic carbocycles. The minimum absolute atomic E-state index is 0.289. The first-order valence-corrected chi connectivity index (χ1v) is 5.02. The lowest BCUT2D eigenvalue weighted by Gasteiger charge is -2.27. The zero-order valence-electron chi connectivity index (χ0n) is 8.63. The van der Waals surface area contributed by atoms with E-state index in [2.05, 4.69) is 21.3 Å². The third-order valence-corrected chi connectivity index (χ3v) is 1.62. The Morgan fingerprint density at radius 3 is 2.93 bits per heavy atom. The summed E-state index contributed by atoms with van der Waals surface area (Å²) < 4.78 is 0. The molecular formula is C8H16ClN5. The van der Waals surface area contributed by atoms with Gasteiger partial charge in [0.2, 0.25) is 0 Å². The Kier molecular flexibility index (Phi) is 4.03. The Bertz CT molecular complexity index is 248. The molecule has 5 nitrogen and oxygen atoms in total. The van der Waals surface area contributed by atoms with E-state index < -0.39 is 0 Å². The van der Waals surface area contributed by atoms with Crippen molar-refractivity contribution < 1.29 is 0 Å². The van der Waals surface area contributed by atoms with Crippen LogP contribution >= 0.6 is 11.6 Å².